The van der Waals surface area contributed by atoms with Crippen molar-refractivity contribution in [1.82, 2.24) is 0 Å². The molecule has 0 aromatic heterocycles. The first-order valence-electron chi connectivity index (χ1n) is 14.8. The predicted octanol–water partition coefficient (Wildman–Crippen LogP) is -5.96. The minimum absolute atomic E-state index is 0. The van der Waals surface area contributed by atoms with Gasteiger partial charge in [-0.05, 0) is 73.7 Å². The van der Waals surface area contributed by atoms with E-state index in [4.69, 9.17) is 0 Å². The molecule has 242 valence electrons. The Labute approximate surface area is 397 Å². The summed E-state index contributed by atoms with van der Waals surface area (Å²) in [4.78, 5) is -0.513. The average molecular weight is 799 g/mol. The molecule has 6 aromatic carbocycles. The largest absolute Gasteiger partial charge is 1.00 e. The Morgan fingerprint density at radius 3 is 1.15 bits per heavy atom. The molecule has 0 N–H and O–H groups in total. The van der Waals surface area contributed by atoms with Gasteiger partial charge in [0.15, 0.2) is 0 Å². The summed E-state index contributed by atoms with van der Waals surface area (Å²) in [6.07, 6.45) is 1.13. The third kappa shape index (κ3) is 12.5. The molecule has 0 aliphatic heterocycles. The van der Waals surface area contributed by atoms with Crippen LogP contribution >= 0.6 is 15.8 Å². The first-order chi connectivity index (χ1) is 23.1. The molecule has 6 nitrogen and oxygen atoms in total. The van der Waals surface area contributed by atoms with Crippen LogP contribution in [-0.2, 0) is 32.6 Å². The standard InChI is InChI=1S/C38H30O6P2S2.4Na/c39-47(40,41)35-21-11-19-33(25-35)45(31-15-3-1-4-16-31)27-29-13-7-9-23-37(29)38-24-10-8-14-30(38)28-46(32-17-5-2-6-18-32)34-20-12-22-36(26-34)48(42,43)44;;;;/h1-8,11-26H,27-28H2,(H,39,40,41)(H,42,43,44);;;;/q-2;4*+1/p-2. The van der Waals surface area contributed by atoms with Crippen LogP contribution in [0.3, 0.4) is 0 Å². The van der Waals surface area contributed by atoms with E-state index < -0.39 is 36.1 Å². The zero-order valence-corrected chi connectivity index (χ0v) is 40.9. The minimum Gasteiger partial charge on any atom is -0.744 e. The molecule has 0 saturated heterocycles. The number of rotatable bonds is 11. The topological polar surface area (TPSA) is 114 Å². The maximum absolute atomic E-state index is 11.9. The van der Waals surface area contributed by atoms with E-state index in [0.717, 1.165) is 43.5 Å². The Bertz CT molecular complexity index is 2120. The Hall–Kier alpha value is 0.00000000000000178. The van der Waals surface area contributed by atoms with Crippen molar-refractivity contribution in [3.8, 4) is 11.1 Å². The molecule has 2 atom stereocenters. The van der Waals surface area contributed by atoms with Gasteiger partial charge in [0.25, 0.3) is 0 Å². The number of benzene rings is 6. The van der Waals surface area contributed by atoms with Crippen LogP contribution in [0.15, 0.2) is 155 Å². The summed E-state index contributed by atoms with van der Waals surface area (Å²) in [5, 5.41) is 3.61. The van der Waals surface area contributed by atoms with E-state index in [-0.39, 0.29) is 128 Å². The van der Waals surface area contributed by atoms with Gasteiger partial charge >= 0.3 is 118 Å². The number of hydrogen-bond donors (Lipinski definition) is 0. The van der Waals surface area contributed by atoms with Gasteiger partial charge in [0.05, 0.1) is 9.79 Å². The van der Waals surface area contributed by atoms with Crippen molar-refractivity contribution in [2.24, 2.45) is 0 Å². The van der Waals surface area contributed by atoms with Crippen molar-refractivity contribution < 1.29 is 144 Å². The molecule has 2 unspecified atom stereocenters. The molecule has 0 bridgehead atoms. The van der Waals surface area contributed by atoms with Crippen LogP contribution in [0.4, 0.5) is 0 Å². The maximum Gasteiger partial charge on any atom is 1.00 e. The van der Waals surface area contributed by atoms with E-state index >= 15 is 0 Å². The maximum atomic E-state index is 11.9. The molecule has 0 radical (unpaired) electrons. The van der Waals surface area contributed by atoms with Gasteiger partial charge in [-0.15, -0.1) is 0 Å². The normalized spacial score (nSPS) is 12.1. The van der Waals surface area contributed by atoms with Gasteiger partial charge in [-0.1, -0.05) is 84.9 Å². The van der Waals surface area contributed by atoms with Gasteiger partial charge in [0, 0.05) is 0 Å². The van der Waals surface area contributed by atoms with E-state index in [1.165, 1.54) is 24.3 Å². The van der Waals surface area contributed by atoms with Gasteiger partial charge < -0.3 is 9.11 Å². The fourth-order valence-electron chi connectivity index (χ4n) is 5.54. The van der Waals surface area contributed by atoms with Crippen LogP contribution in [-0.4, -0.2) is 25.9 Å². The number of hydrogen-bond acceptors (Lipinski definition) is 6. The Morgan fingerprint density at radius 1 is 0.462 bits per heavy atom. The predicted molar refractivity (Wildman–Crippen MR) is 191 cm³/mol. The van der Waals surface area contributed by atoms with Crippen LogP contribution < -0.4 is 139 Å². The Morgan fingerprint density at radius 2 is 0.808 bits per heavy atom. The van der Waals surface area contributed by atoms with Crippen molar-refractivity contribution in [3.05, 3.63) is 169 Å². The minimum atomic E-state index is -4.64. The molecule has 14 heteroatoms. The molecule has 52 heavy (non-hydrogen) atoms. The first kappa shape index (κ1) is 48.1. The molecule has 0 amide bonds. The van der Waals surface area contributed by atoms with E-state index in [1.54, 1.807) is 12.1 Å². The second kappa shape index (κ2) is 22.1. The molecule has 0 aliphatic rings. The van der Waals surface area contributed by atoms with Crippen molar-refractivity contribution >= 4 is 57.3 Å². The molecule has 0 fully saturated rings. The first-order valence-corrected chi connectivity index (χ1v) is 20.7. The summed E-state index contributed by atoms with van der Waals surface area (Å²) in [5.74, 6) is 0. The molecule has 0 aliphatic carbocycles. The SMILES string of the molecule is O=S(=O)([O-])c1cccc(P(Cc2cc[c-]cc2-c2c[c-]ccc2CP(c2ccccc2)c2cccc(S(=O)(=O)[O-])c2)c2ccccc2)c1.[Na+].[Na+].[Na+].[Na+]. The van der Waals surface area contributed by atoms with Gasteiger partial charge in [-0.2, -0.15) is 70.8 Å². The summed E-state index contributed by atoms with van der Waals surface area (Å²) in [5.41, 5.74) is 3.92. The Kier molecular flexibility index (Phi) is 20.4. The third-order valence-electron chi connectivity index (χ3n) is 7.83. The molecule has 6 rings (SSSR count). The summed E-state index contributed by atoms with van der Waals surface area (Å²) >= 11 is 0. The molecular formula is C38H28Na4O6P2S2. The van der Waals surface area contributed by atoms with E-state index in [2.05, 4.69) is 12.1 Å². The summed E-state index contributed by atoms with van der Waals surface area (Å²) in [7, 11) is -11.5. The zero-order chi connectivity index (χ0) is 33.7. The molecular weight excluding hydrogens is 770 g/mol. The van der Waals surface area contributed by atoms with Crippen LogP contribution in [0.1, 0.15) is 11.1 Å². The average Bonchev–Trinajstić information content (AvgIpc) is 3.10. The Balaban J connectivity index is 0.00000234. The van der Waals surface area contributed by atoms with Crippen LogP contribution in [0.25, 0.3) is 11.1 Å². The van der Waals surface area contributed by atoms with Crippen LogP contribution in [0.2, 0.25) is 0 Å². The second-order valence-corrected chi connectivity index (χ2v) is 18.1. The monoisotopic (exact) mass is 798 g/mol. The van der Waals surface area contributed by atoms with Crippen molar-refractivity contribution in [3.63, 3.8) is 0 Å². The van der Waals surface area contributed by atoms with Gasteiger partial charge in [0.1, 0.15) is 20.2 Å². The van der Waals surface area contributed by atoms with Gasteiger partial charge in [-0.25, -0.2) is 16.8 Å². The van der Waals surface area contributed by atoms with E-state index in [0.29, 0.717) is 12.3 Å². The molecule has 6 aromatic rings. The summed E-state index contributed by atoms with van der Waals surface area (Å²) in [6, 6.07) is 50.4. The quantitative estimate of drug-likeness (QED) is 0.0559. The van der Waals surface area contributed by atoms with E-state index in [1.807, 2.05) is 109 Å². The summed E-state index contributed by atoms with van der Waals surface area (Å²) < 4.78 is 71.6. The fraction of sp³-hybridized carbons (Fsp3) is 0.0526. The summed E-state index contributed by atoms with van der Waals surface area (Å²) in [6.45, 7) is 0. The van der Waals surface area contributed by atoms with Gasteiger partial charge in [-0.3, -0.25) is 0 Å². The molecule has 0 heterocycles. The zero-order valence-electron chi connectivity index (χ0n) is 29.4. The second-order valence-electron chi connectivity index (χ2n) is 10.9. The molecule has 0 saturated carbocycles. The van der Waals surface area contributed by atoms with Crippen molar-refractivity contribution in [1.29, 1.82) is 0 Å². The van der Waals surface area contributed by atoms with Crippen LogP contribution in [0, 0.1) is 12.1 Å². The molecule has 0 spiro atoms. The van der Waals surface area contributed by atoms with E-state index in [9.17, 15) is 25.9 Å². The fourth-order valence-corrected chi connectivity index (χ4v) is 11.5. The third-order valence-corrected chi connectivity index (χ3v) is 14.4. The van der Waals surface area contributed by atoms with Gasteiger partial charge in [0.2, 0.25) is 0 Å². The van der Waals surface area contributed by atoms with Crippen molar-refractivity contribution in [2.45, 2.75) is 22.1 Å². The smallest absolute Gasteiger partial charge is 0.744 e. The van der Waals surface area contributed by atoms with Crippen LogP contribution in [0.5, 0.6) is 0 Å². The van der Waals surface area contributed by atoms with Crippen molar-refractivity contribution in [2.75, 3.05) is 0 Å².